The Kier molecular flexibility index (Phi) is 5.41. The highest BCUT2D eigenvalue weighted by molar-refractivity contribution is 5.77. The Balaban J connectivity index is 2.18. The first-order valence-corrected chi connectivity index (χ1v) is 6.06. The van der Waals surface area contributed by atoms with E-state index in [0.717, 1.165) is 0 Å². The average Bonchev–Trinajstić information content (AvgIpc) is 2.33. The Morgan fingerprint density at radius 1 is 1.59 bits per heavy atom. The van der Waals surface area contributed by atoms with Crippen LogP contribution < -0.4 is 0 Å². The topological polar surface area (TPSA) is 72.8 Å². The fraction of sp³-hybridized carbons (Fsp3) is 0.833. The minimum absolute atomic E-state index is 0.0598. The molecule has 4 atom stereocenters. The Morgan fingerprint density at radius 3 is 2.76 bits per heavy atom. The number of aliphatic hydroxyl groups excluding tert-OH is 1. The normalized spacial score (nSPS) is 26.6. The molecule has 0 aromatic carbocycles. The van der Waals surface area contributed by atoms with Gasteiger partial charge in [-0.1, -0.05) is 6.92 Å². The second-order valence-electron chi connectivity index (χ2n) is 4.49. The molecule has 0 saturated carbocycles. The zero-order valence-corrected chi connectivity index (χ0v) is 10.3. The van der Waals surface area contributed by atoms with Gasteiger partial charge in [-0.2, -0.15) is 0 Å². The highest BCUT2D eigenvalue weighted by Crippen LogP contribution is 2.26. The van der Waals surface area contributed by atoms with Crippen molar-refractivity contribution >= 4 is 12.4 Å². The summed E-state index contributed by atoms with van der Waals surface area (Å²) in [5.74, 6) is -0.226. The number of rotatable bonds is 8. The van der Waals surface area contributed by atoms with Gasteiger partial charge in [-0.05, 0) is 26.2 Å². The van der Waals surface area contributed by atoms with Crippen LogP contribution in [-0.2, 0) is 19.1 Å². The third-order valence-corrected chi connectivity index (χ3v) is 3.22. The molecule has 0 amide bonds. The van der Waals surface area contributed by atoms with E-state index in [1.807, 2.05) is 13.8 Å². The van der Waals surface area contributed by atoms with Crippen molar-refractivity contribution < 1.29 is 24.2 Å². The molecule has 0 aromatic rings. The summed E-state index contributed by atoms with van der Waals surface area (Å²) in [6, 6.07) is 0. The number of aliphatic hydroxyl groups is 1. The first kappa shape index (κ1) is 14.0. The zero-order valence-electron chi connectivity index (χ0n) is 10.3. The molecule has 1 N–H and O–H groups in total. The van der Waals surface area contributed by atoms with E-state index in [2.05, 4.69) is 0 Å². The first-order valence-electron chi connectivity index (χ1n) is 6.06. The van der Waals surface area contributed by atoms with Crippen molar-refractivity contribution in [3.8, 4) is 0 Å². The second kappa shape index (κ2) is 6.59. The van der Waals surface area contributed by atoms with E-state index in [-0.39, 0.29) is 24.1 Å². The van der Waals surface area contributed by atoms with Crippen LogP contribution in [0.25, 0.3) is 0 Å². The zero-order chi connectivity index (χ0) is 12.8. The van der Waals surface area contributed by atoms with Crippen LogP contribution >= 0.6 is 0 Å². The molecule has 0 bridgehead atoms. The maximum Gasteiger partial charge on any atom is 0.312 e. The van der Waals surface area contributed by atoms with E-state index in [4.69, 9.17) is 9.47 Å². The molecule has 17 heavy (non-hydrogen) atoms. The van der Waals surface area contributed by atoms with Gasteiger partial charge in [0.1, 0.15) is 12.2 Å². The predicted molar refractivity (Wildman–Crippen MR) is 60.1 cm³/mol. The van der Waals surface area contributed by atoms with E-state index >= 15 is 0 Å². The maximum atomic E-state index is 10.9. The number of cyclic esters (lactones) is 1. The van der Waals surface area contributed by atoms with E-state index in [1.165, 1.54) is 0 Å². The van der Waals surface area contributed by atoms with Crippen molar-refractivity contribution in [2.24, 2.45) is 5.92 Å². The van der Waals surface area contributed by atoms with Crippen molar-refractivity contribution in [3.05, 3.63) is 0 Å². The molecule has 0 aliphatic carbocycles. The Labute approximate surface area is 101 Å². The third-order valence-electron chi connectivity index (χ3n) is 3.22. The summed E-state index contributed by atoms with van der Waals surface area (Å²) in [7, 11) is 0. The van der Waals surface area contributed by atoms with Gasteiger partial charge in [0, 0.05) is 6.42 Å². The summed E-state index contributed by atoms with van der Waals surface area (Å²) in [6.45, 7) is 4.14. The minimum Gasteiger partial charge on any atom is -0.464 e. The quantitative estimate of drug-likeness (QED) is 0.510. The number of carbonyl (C=O) groups is 2. The number of ether oxygens (including phenoxy) is 2. The van der Waals surface area contributed by atoms with Gasteiger partial charge in [-0.3, -0.25) is 9.59 Å². The van der Waals surface area contributed by atoms with E-state index in [1.54, 1.807) is 0 Å². The van der Waals surface area contributed by atoms with E-state index in [9.17, 15) is 14.7 Å². The monoisotopic (exact) mass is 244 g/mol. The Hall–Kier alpha value is -1.10. The third kappa shape index (κ3) is 4.00. The van der Waals surface area contributed by atoms with Crippen LogP contribution in [-0.4, -0.2) is 35.9 Å². The lowest BCUT2D eigenvalue weighted by molar-refractivity contribution is -0.183. The molecule has 0 aromatic heterocycles. The van der Waals surface area contributed by atoms with Gasteiger partial charge in [0.05, 0.1) is 12.0 Å². The van der Waals surface area contributed by atoms with Crippen LogP contribution in [0, 0.1) is 5.92 Å². The minimum atomic E-state index is -0.522. The molecule has 0 radical (unpaired) electrons. The molecule has 0 unspecified atom stereocenters. The van der Waals surface area contributed by atoms with Crippen LogP contribution in [0.1, 0.15) is 39.5 Å². The fourth-order valence-corrected chi connectivity index (χ4v) is 1.92. The van der Waals surface area contributed by atoms with Crippen LogP contribution in [0.2, 0.25) is 0 Å². The molecule has 98 valence electrons. The summed E-state index contributed by atoms with van der Waals surface area (Å²) in [5, 5.41) is 9.76. The van der Waals surface area contributed by atoms with Gasteiger partial charge in [-0.25, -0.2) is 0 Å². The summed E-state index contributed by atoms with van der Waals surface area (Å²) in [6.07, 6.45) is 1.51. The number of esters is 1. The van der Waals surface area contributed by atoms with Gasteiger partial charge in [0.15, 0.2) is 0 Å². The highest BCUT2D eigenvalue weighted by Gasteiger charge is 2.38. The van der Waals surface area contributed by atoms with Crippen molar-refractivity contribution in [3.63, 3.8) is 0 Å². The molecule has 1 heterocycles. The van der Waals surface area contributed by atoms with Crippen molar-refractivity contribution in [2.45, 2.75) is 57.8 Å². The average molecular weight is 244 g/mol. The molecule has 1 rings (SSSR count). The lowest BCUT2D eigenvalue weighted by Crippen LogP contribution is -2.43. The molecule has 1 aliphatic heterocycles. The van der Waals surface area contributed by atoms with Gasteiger partial charge in [0.2, 0.25) is 0 Å². The van der Waals surface area contributed by atoms with Crippen LogP contribution in [0.5, 0.6) is 0 Å². The number of hydrogen-bond donors (Lipinski definition) is 1. The van der Waals surface area contributed by atoms with Crippen LogP contribution in [0.4, 0.5) is 0 Å². The molecule has 5 nitrogen and oxygen atoms in total. The summed E-state index contributed by atoms with van der Waals surface area (Å²) in [5.41, 5.74) is 0. The SMILES string of the molecule is CC[C@H](C[C@H](O)CC[C@H]1OC(=O)[C@@H]1C)OC=O. The van der Waals surface area contributed by atoms with E-state index < -0.39 is 6.10 Å². The molecule has 0 spiro atoms. The second-order valence-corrected chi connectivity index (χ2v) is 4.49. The summed E-state index contributed by atoms with van der Waals surface area (Å²) in [4.78, 5) is 21.0. The molecular weight excluding hydrogens is 224 g/mol. The number of carbonyl (C=O) groups excluding carboxylic acids is 2. The van der Waals surface area contributed by atoms with Crippen molar-refractivity contribution in [1.82, 2.24) is 0 Å². The standard InChI is InChI=1S/C12H20O5/c1-3-10(16-7-13)6-9(14)4-5-11-8(2)12(15)17-11/h7-11,14H,3-6H2,1-2H3/t8-,9-,10-,11-/m1/s1. The number of hydrogen-bond acceptors (Lipinski definition) is 5. The molecular formula is C12H20O5. The van der Waals surface area contributed by atoms with Gasteiger partial charge < -0.3 is 14.6 Å². The summed E-state index contributed by atoms with van der Waals surface area (Å²) < 4.78 is 9.76. The highest BCUT2D eigenvalue weighted by atomic mass is 16.6. The lowest BCUT2D eigenvalue weighted by Gasteiger charge is -2.33. The Bertz CT molecular complexity index is 266. The first-order chi connectivity index (χ1) is 8.08. The summed E-state index contributed by atoms with van der Waals surface area (Å²) >= 11 is 0. The molecule has 1 aliphatic rings. The smallest absolute Gasteiger partial charge is 0.312 e. The van der Waals surface area contributed by atoms with Crippen molar-refractivity contribution in [2.75, 3.05) is 0 Å². The lowest BCUT2D eigenvalue weighted by atomic mass is 9.93. The largest absolute Gasteiger partial charge is 0.464 e. The van der Waals surface area contributed by atoms with Gasteiger partial charge in [-0.15, -0.1) is 0 Å². The molecule has 1 fully saturated rings. The van der Waals surface area contributed by atoms with Crippen LogP contribution in [0.15, 0.2) is 0 Å². The van der Waals surface area contributed by atoms with Crippen molar-refractivity contribution in [1.29, 1.82) is 0 Å². The fourth-order valence-electron chi connectivity index (χ4n) is 1.92. The van der Waals surface area contributed by atoms with Gasteiger partial charge in [0.25, 0.3) is 6.47 Å². The molecule has 1 saturated heterocycles. The Morgan fingerprint density at radius 2 is 2.29 bits per heavy atom. The van der Waals surface area contributed by atoms with Gasteiger partial charge >= 0.3 is 5.97 Å². The van der Waals surface area contributed by atoms with E-state index in [0.29, 0.717) is 32.2 Å². The maximum absolute atomic E-state index is 10.9. The molecule has 5 heteroatoms. The van der Waals surface area contributed by atoms with Crippen LogP contribution in [0.3, 0.4) is 0 Å². The predicted octanol–water partition coefficient (Wildman–Crippen LogP) is 1.03.